The predicted octanol–water partition coefficient (Wildman–Crippen LogP) is 17.1. The number of aryl methyl sites for hydroxylation is 5. The van der Waals surface area contributed by atoms with Gasteiger partial charge in [0.1, 0.15) is 74.0 Å². The van der Waals surface area contributed by atoms with E-state index < -0.39 is 0 Å². The van der Waals surface area contributed by atoms with Gasteiger partial charge in [-0.1, -0.05) is 153 Å². The molecule has 0 N–H and O–H groups in total. The van der Waals surface area contributed by atoms with Crippen LogP contribution < -0.4 is 22.8 Å². The number of nitrogens with zero attached hydrogens (tertiary/aromatic N) is 10. The van der Waals surface area contributed by atoms with E-state index in [1.807, 2.05) is 0 Å². The molecule has 0 aliphatic heterocycles. The fourth-order valence-electron chi connectivity index (χ4n) is 15.4. The van der Waals surface area contributed by atoms with Crippen molar-refractivity contribution >= 4 is 0 Å². The van der Waals surface area contributed by atoms with E-state index in [1.165, 1.54) is 194 Å². The smallest absolute Gasteiger partial charge is 0.234 e. The first-order valence-corrected chi connectivity index (χ1v) is 34.6. The van der Waals surface area contributed by atoms with E-state index in [-0.39, 0.29) is 0 Å². The SMILES string of the molecule is Cc1ccccc1-n1c(C)c(-c2ccccc2)[n+](C)c1C.Cc1ccccc1-n1c(C)c(C)[n+](C)c1C.Cc1ccccc1-n1c(C)c(C)[n+](C)c1C.Cc1ccccc1-n1c(C)c(C2CCCC2)[n+](C)c1C.Cc1ccccc1-n1c(C)c(C2CCCCC2)[n+](C)c1C. The molecular weight excluding hydrogens is 1150 g/mol. The summed E-state index contributed by atoms with van der Waals surface area (Å²) in [6.07, 6.45) is 12.4. The molecule has 13 rings (SSSR count). The molecule has 0 atom stereocenters. The Morgan fingerprint density at radius 2 is 0.500 bits per heavy atom. The highest BCUT2D eigenvalue weighted by Crippen LogP contribution is 2.37. The minimum Gasteiger partial charge on any atom is -0.234 e. The quantitative estimate of drug-likeness (QED) is 0.136. The maximum absolute atomic E-state index is 2.44. The standard InChI is InChI=1S/C19H27N2.C19H21N2.C18H25N2.2C14H19N2/c2*1-14-10-8-9-13-18(14)21-15(2)19(20(4)16(21)3)17-11-6-5-7-12-17;1-13-9-5-8-12-17(13)20-14(2)18(19(4)15(20)3)16-10-6-7-11-16;2*1-10-8-6-7-9-14(10)16-12(3)11(2)15(5)13(16)4/h8-10,13,17H,5-7,11-12H2,1-4H3;5-13H,1-4H3;5,8-9,12,16H,6-7,10-11H2,1-4H3;2*6-9H,1-5H3/q5*+1. The molecule has 492 valence electrons. The number of rotatable bonds is 8. The lowest BCUT2D eigenvalue weighted by atomic mass is 9.86. The molecule has 2 saturated carbocycles. The van der Waals surface area contributed by atoms with Crippen molar-refractivity contribution in [1.82, 2.24) is 22.8 Å². The van der Waals surface area contributed by atoms with Crippen molar-refractivity contribution < 1.29 is 22.8 Å². The van der Waals surface area contributed by atoms with Gasteiger partial charge in [-0.15, -0.1) is 0 Å². The molecule has 2 aliphatic rings. The van der Waals surface area contributed by atoms with Crippen molar-refractivity contribution in [1.29, 1.82) is 0 Å². The van der Waals surface area contributed by atoms with E-state index in [0.717, 1.165) is 11.8 Å². The second-order valence-electron chi connectivity index (χ2n) is 27.0. The second-order valence-corrected chi connectivity index (χ2v) is 27.0. The van der Waals surface area contributed by atoms with Crippen LogP contribution in [0, 0.1) is 118 Å². The zero-order valence-electron chi connectivity index (χ0n) is 61.4. The number of hydrogen-bond acceptors (Lipinski definition) is 0. The summed E-state index contributed by atoms with van der Waals surface area (Å²) in [4.78, 5) is 0. The van der Waals surface area contributed by atoms with E-state index in [4.69, 9.17) is 0 Å². The summed E-state index contributed by atoms with van der Waals surface area (Å²) in [6.45, 7) is 37.3. The topological polar surface area (TPSA) is 44.0 Å². The minimum absolute atomic E-state index is 0.743. The van der Waals surface area contributed by atoms with Crippen LogP contribution in [0.15, 0.2) is 152 Å². The highest BCUT2D eigenvalue weighted by atomic mass is 15.2. The Kier molecular flexibility index (Phi) is 22.4. The zero-order valence-corrected chi connectivity index (χ0v) is 61.4. The van der Waals surface area contributed by atoms with E-state index in [0.29, 0.717) is 0 Å². The molecule has 10 nitrogen and oxygen atoms in total. The fraction of sp³-hybridized carbons (Fsp3) is 0.393. The minimum atomic E-state index is 0.743. The molecule has 11 aromatic rings. The third-order valence-electron chi connectivity index (χ3n) is 21.5. The summed E-state index contributed by atoms with van der Waals surface area (Å²) in [7, 11) is 10.8. The molecule has 94 heavy (non-hydrogen) atoms. The summed E-state index contributed by atoms with van der Waals surface area (Å²) in [6, 6.07) is 53.5. The molecule has 0 bridgehead atoms. The number of imidazole rings is 5. The van der Waals surface area contributed by atoms with Crippen molar-refractivity contribution in [3.63, 3.8) is 0 Å². The van der Waals surface area contributed by atoms with Crippen LogP contribution in [0.3, 0.4) is 0 Å². The van der Waals surface area contributed by atoms with E-state index >= 15 is 0 Å². The van der Waals surface area contributed by atoms with E-state index in [1.54, 1.807) is 11.4 Å². The Bertz CT molecular complexity index is 4290. The van der Waals surface area contributed by atoms with Gasteiger partial charge < -0.3 is 0 Å². The fourth-order valence-corrected chi connectivity index (χ4v) is 15.4. The number of aromatic nitrogens is 10. The van der Waals surface area contributed by atoms with Crippen LogP contribution in [0.1, 0.15) is 178 Å². The Morgan fingerprint density at radius 1 is 0.255 bits per heavy atom. The van der Waals surface area contributed by atoms with Gasteiger partial charge >= 0.3 is 0 Å². The predicted molar refractivity (Wildman–Crippen MR) is 388 cm³/mol. The van der Waals surface area contributed by atoms with Gasteiger partial charge in [-0.25, -0.2) is 22.8 Å². The van der Waals surface area contributed by atoms with Gasteiger partial charge in [-0.05, 0) is 118 Å². The summed E-state index contributed by atoms with van der Waals surface area (Å²) < 4.78 is 23.5. The van der Waals surface area contributed by atoms with Crippen LogP contribution in [-0.2, 0) is 35.2 Å². The maximum Gasteiger partial charge on any atom is 0.258 e. The van der Waals surface area contributed by atoms with Gasteiger partial charge in [-0.2, -0.15) is 22.8 Å². The molecule has 2 fully saturated rings. The zero-order chi connectivity index (χ0) is 68.0. The summed E-state index contributed by atoms with van der Waals surface area (Å²) in [5.41, 5.74) is 28.1. The molecular formula is C84H111N10+5. The van der Waals surface area contributed by atoms with Gasteiger partial charge in [0, 0.05) is 100 Å². The average Bonchev–Trinajstić information content (AvgIpc) is 1.65. The van der Waals surface area contributed by atoms with Gasteiger partial charge in [0.25, 0.3) is 29.1 Å². The van der Waals surface area contributed by atoms with Crippen molar-refractivity contribution in [2.24, 2.45) is 35.2 Å². The number of hydrogen-bond donors (Lipinski definition) is 0. The summed E-state index contributed by atoms with van der Waals surface area (Å²) in [5, 5.41) is 0. The van der Waals surface area contributed by atoms with Crippen LogP contribution in [0.4, 0.5) is 0 Å². The summed E-state index contributed by atoms with van der Waals surface area (Å²) >= 11 is 0. The first kappa shape index (κ1) is 69.7. The van der Waals surface area contributed by atoms with Crippen LogP contribution >= 0.6 is 0 Å². The Labute approximate surface area is 564 Å². The van der Waals surface area contributed by atoms with E-state index in [9.17, 15) is 0 Å². The number of para-hydroxylation sites is 5. The lowest BCUT2D eigenvalue weighted by Crippen LogP contribution is -2.36. The third kappa shape index (κ3) is 13.9. The van der Waals surface area contributed by atoms with Crippen molar-refractivity contribution in [3.8, 4) is 39.7 Å². The molecule has 6 aromatic carbocycles. The largest absolute Gasteiger partial charge is 0.258 e. The van der Waals surface area contributed by atoms with Gasteiger partial charge in [0.2, 0.25) is 0 Å². The van der Waals surface area contributed by atoms with Crippen LogP contribution in [-0.4, -0.2) is 22.8 Å². The van der Waals surface area contributed by atoms with Crippen molar-refractivity contribution in [3.05, 3.63) is 260 Å². The molecule has 0 amide bonds. The Balaban J connectivity index is 0.000000139. The third-order valence-corrected chi connectivity index (χ3v) is 21.5. The highest BCUT2D eigenvalue weighted by Gasteiger charge is 2.34. The monoisotopic (exact) mass is 1260 g/mol. The lowest BCUT2D eigenvalue weighted by Gasteiger charge is -2.19. The molecule has 2 aliphatic carbocycles. The number of benzene rings is 6. The normalized spacial score (nSPS) is 13.2. The lowest BCUT2D eigenvalue weighted by molar-refractivity contribution is -0.686. The molecule has 0 unspecified atom stereocenters. The summed E-state index contributed by atoms with van der Waals surface area (Å²) in [5.74, 6) is 7.94. The van der Waals surface area contributed by atoms with Crippen LogP contribution in [0.25, 0.3) is 39.7 Å². The van der Waals surface area contributed by atoms with Gasteiger partial charge in [0.15, 0.2) is 11.4 Å². The van der Waals surface area contributed by atoms with Crippen LogP contribution in [0.2, 0.25) is 0 Å². The maximum atomic E-state index is 2.44. The molecule has 10 heteroatoms. The Morgan fingerprint density at radius 3 is 0.787 bits per heavy atom. The highest BCUT2D eigenvalue weighted by molar-refractivity contribution is 5.61. The second kappa shape index (κ2) is 30.2. The first-order chi connectivity index (χ1) is 44.9. The first-order valence-electron chi connectivity index (χ1n) is 34.6. The average molecular weight is 1260 g/mol. The van der Waals surface area contributed by atoms with Gasteiger partial charge in [-0.3, -0.25) is 0 Å². The van der Waals surface area contributed by atoms with E-state index in [2.05, 4.69) is 350 Å². The Hall–Kier alpha value is -8.63. The molecule has 5 aromatic heterocycles. The van der Waals surface area contributed by atoms with Crippen molar-refractivity contribution in [2.75, 3.05) is 0 Å². The van der Waals surface area contributed by atoms with Gasteiger partial charge in [0.05, 0.1) is 35.2 Å². The molecule has 0 spiro atoms. The van der Waals surface area contributed by atoms with Crippen molar-refractivity contribution in [2.45, 2.75) is 187 Å². The molecule has 0 saturated heterocycles. The molecule has 0 radical (unpaired) electrons. The molecule has 5 heterocycles. The van der Waals surface area contributed by atoms with Crippen LogP contribution in [0.5, 0.6) is 0 Å².